The number of ether oxygens (including phenoxy) is 2. The number of furan rings is 1. The molecule has 2 amide bonds. The Morgan fingerprint density at radius 3 is 2.65 bits per heavy atom. The van der Waals surface area contributed by atoms with Crippen LogP contribution in [0.25, 0.3) is 6.08 Å². The van der Waals surface area contributed by atoms with E-state index >= 15 is 0 Å². The second kappa shape index (κ2) is 10.5. The molecule has 10 heteroatoms. The van der Waals surface area contributed by atoms with Crippen LogP contribution >= 0.6 is 39.3 Å². The molecule has 34 heavy (non-hydrogen) atoms. The van der Waals surface area contributed by atoms with Crippen molar-refractivity contribution in [3.05, 3.63) is 91.6 Å². The van der Waals surface area contributed by atoms with Gasteiger partial charge in [-0.25, -0.2) is 4.79 Å². The van der Waals surface area contributed by atoms with Crippen molar-refractivity contribution in [3.8, 4) is 5.75 Å². The minimum absolute atomic E-state index is 0.00548. The third-order valence-corrected chi connectivity index (χ3v) is 6.56. The highest BCUT2D eigenvalue weighted by Gasteiger charge is 2.36. The number of imide groups is 1. The Morgan fingerprint density at radius 1 is 1.18 bits per heavy atom. The first-order chi connectivity index (χ1) is 16.4. The molecule has 0 saturated carbocycles. The van der Waals surface area contributed by atoms with E-state index in [1.807, 2.05) is 30.3 Å². The molecule has 4 rings (SSSR count). The van der Waals surface area contributed by atoms with E-state index in [1.165, 1.54) is 19.2 Å². The average Bonchev–Trinajstić information content (AvgIpc) is 3.39. The predicted octanol–water partition coefficient (Wildman–Crippen LogP) is 6.30. The molecular weight excluding hydrogens is 546 g/mol. The second-order valence-electron chi connectivity index (χ2n) is 7.11. The summed E-state index contributed by atoms with van der Waals surface area (Å²) < 4.78 is 16.4. The highest BCUT2D eigenvalue weighted by atomic mass is 79.9. The molecule has 0 radical (unpaired) electrons. The molecule has 0 unspecified atom stereocenters. The Balaban J connectivity index is 1.48. The summed E-state index contributed by atoms with van der Waals surface area (Å²) in [5.74, 6) is -0.347. The molecule has 174 valence electrons. The van der Waals surface area contributed by atoms with Gasteiger partial charge >= 0.3 is 5.97 Å². The van der Waals surface area contributed by atoms with Gasteiger partial charge in [-0.15, -0.1) is 0 Å². The monoisotopic (exact) mass is 561 g/mol. The molecule has 1 aliphatic rings. The van der Waals surface area contributed by atoms with Gasteiger partial charge in [0, 0.05) is 0 Å². The predicted molar refractivity (Wildman–Crippen MR) is 131 cm³/mol. The van der Waals surface area contributed by atoms with Gasteiger partial charge in [-0.1, -0.05) is 41.9 Å². The van der Waals surface area contributed by atoms with Gasteiger partial charge in [0.1, 0.15) is 12.4 Å². The zero-order valence-electron chi connectivity index (χ0n) is 17.7. The van der Waals surface area contributed by atoms with E-state index in [2.05, 4.69) is 20.7 Å². The van der Waals surface area contributed by atoms with Gasteiger partial charge in [-0.05, 0) is 69.2 Å². The minimum Gasteiger partial charge on any atom is -0.486 e. The lowest BCUT2D eigenvalue weighted by atomic mass is 10.2. The van der Waals surface area contributed by atoms with Crippen LogP contribution in [0.2, 0.25) is 5.02 Å². The zero-order chi connectivity index (χ0) is 24.2. The molecule has 0 N–H and O–H groups in total. The molecule has 7 nitrogen and oxygen atoms in total. The van der Waals surface area contributed by atoms with Crippen molar-refractivity contribution in [2.24, 2.45) is 0 Å². The van der Waals surface area contributed by atoms with Crippen molar-refractivity contribution in [1.29, 1.82) is 0 Å². The summed E-state index contributed by atoms with van der Waals surface area (Å²) in [6.07, 6.45) is 1.59. The van der Waals surface area contributed by atoms with Crippen molar-refractivity contribution in [2.75, 3.05) is 7.11 Å². The van der Waals surface area contributed by atoms with Crippen LogP contribution in [-0.2, 0) is 22.7 Å². The molecule has 0 atom stereocenters. The molecule has 2 aromatic carbocycles. The molecule has 1 saturated heterocycles. The number of nitrogens with zero attached hydrogens (tertiary/aromatic N) is 1. The standard InChI is InChI=1S/C24H17BrClNO6S/c1-31-23(29)19-8-7-16(33-19)12-27-22(28)20(34-24(27)30)11-15-9-17(25)21(18(26)10-15)32-13-14-5-3-2-4-6-14/h2-11H,12-13H2,1H3/b20-11+. The number of halogens is 2. The van der Waals surface area contributed by atoms with Crippen LogP contribution in [0.5, 0.6) is 5.75 Å². The van der Waals surface area contributed by atoms with Gasteiger partial charge < -0.3 is 13.9 Å². The summed E-state index contributed by atoms with van der Waals surface area (Å²) in [7, 11) is 1.23. The fourth-order valence-electron chi connectivity index (χ4n) is 3.15. The maximum absolute atomic E-state index is 12.8. The van der Waals surface area contributed by atoms with E-state index in [0.29, 0.717) is 27.4 Å². The quantitative estimate of drug-likeness (QED) is 0.247. The number of hydrogen-bond donors (Lipinski definition) is 0. The molecular formula is C24H17BrClNO6S. The largest absolute Gasteiger partial charge is 0.486 e. The third kappa shape index (κ3) is 5.38. The third-order valence-electron chi connectivity index (χ3n) is 4.78. The summed E-state index contributed by atoms with van der Waals surface area (Å²) in [5, 5.41) is -0.0815. The number of esters is 1. The van der Waals surface area contributed by atoms with Crippen molar-refractivity contribution in [3.63, 3.8) is 0 Å². The van der Waals surface area contributed by atoms with E-state index in [-0.39, 0.29) is 23.0 Å². The van der Waals surface area contributed by atoms with E-state index in [9.17, 15) is 14.4 Å². The summed E-state index contributed by atoms with van der Waals surface area (Å²) in [6, 6.07) is 16.0. The molecule has 0 aliphatic carbocycles. The van der Waals surface area contributed by atoms with Gasteiger partial charge in [0.05, 0.1) is 28.1 Å². The zero-order valence-corrected chi connectivity index (χ0v) is 20.9. The van der Waals surface area contributed by atoms with Gasteiger partial charge in [0.25, 0.3) is 11.1 Å². The number of carbonyl (C=O) groups is 3. The Kier molecular flexibility index (Phi) is 7.45. The Morgan fingerprint density at radius 2 is 1.94 bits per heavy atom. The SMILES string of the molecule is COC(=O)c1ccc(CN2C(=O)S/C(=C/c3cc(Cl)c(OCc4ccccc4)c(Br)c3)C2=O)o1. The van der Waals surface area contributed by atoms with Crippen LogP contribution < -0.4 is 4.74 Å². The number of benzene rings is 2. The average molecular weight is 563 g/mol. The van der Waals surface area contributed by atoms with Crippen LogP contribution in [0.3, 0.4) is 0 Å². The lowest BCUT2D eigenvalue weighted by Crippen LogP contribution is -2.27. The molecule has 2 heterocycles. The molecule has 1 fully saturated rings. The summed E-state index contributed by atoms with van der Waals surface area (Å²) in [4.78, 5) is 38.1. The molecule has 0 bridgehead atoms. The number of hydrogen-bond acceptors (Lipinski definition) is 7. The topological polar surface area (TPSA) is 86.0 Å². The summed E-state index contributed by atoms with van der Waals surface area (Å²) in [5.41, 5.74) is 1.62. The van der Waals surface area contributed by atoms with E-state index < -0.39 is 17.1 Å². The van der Waals surface area contributed by atoms with Crippen LogP contribution in [0.1, 0.15) is 27.4 Å². The number of amides is 2. The summed E-state index contributed by atoms with van der Waals surface area (Å²) >= 11 is 10.7. The minimum atomic E-state index is -0.640. The summed E-state index contributed by atoms with van der Waals surface area (Å²) in [6.45, 7) is 0.248. The maximum atomic E-state index is 12.8. The van der Waals surface area contributed by atoms with Gasteiger partial charge in [-0.2, -0.15) is 0 Å². The second-order valence-corrected chi connectivity index (χ2v) is 9.37. The van der Waals surface area contributed by atoms with E-state index in [0.717, 1.165) is 22.2 Å². The molecule has 3 aromatic rings. The lowest BCUT2D eigenvalue weighted by Gasteiger charge is -2.11. The van der Waals surface area contributed by atoms with Crippen LogP contribution in [0.15, 0.2) is 68.4 Å². The Hall–Kier alpha value is -3.01. The first-order valence-corrected chi connectivity index (χ1v) is 11.9. The first kappa shape index (κ1) is 24.1. The fraction of sp³-hybridized carbons (Fsp3) is 0.125. The smallest absolute Gasteiger partial charge is 0.373 e. The van der Waals surface area contributed by atoms with E-state index in [1.54, 1.807) is 18.2 Å². The molecule has 1 aromatic heterocycles. The lowest BCUT2D eigenvalue weighted by molar-refractivity contribution is -0.123. The molecule has 1 aliphatic heterocycles. The van der Waals surface area contributed by atoms with Gasteiger partial charge in [-0.3, -0.25) is 14.5 Å². The first-order valence-electron chi connectivity index (χ1n) is 9.94. The number of thioether (sulfide) groups is 1. The van der Waals surface area contributed by atoms with Crippen LogP contribution in [-0.4, -0.2) is 29.1 Å². The fourth-order valence-corrected chi connectivity index (χ4v) is 4.97. The van der Waals surface area contributed by atoms with Gasteiger partial charge in [0.15, 0.2) is 5.75 Å². The van der Waals surface area contributed by atoms with Crippen LogP contribution in [0, 0.1) is 0 Å². The number of carbonyl (C=O) groups excluding carboxylic acids is 3. The van der Waals surface area contributed by atoms with Crippen molar-refractivity contribution < 1.29 is 28.3 Å². The molecule has 0 spiro atoms. The van der Waals surface area contributed by atoms with Crippen molar-refractivity contribution >= 4 is 62.5 Å². The normalized spacial score (nSPS) is 14.7. The number of rotatable bonds is 7. The highest BCUT2D eigenvalue weighted by molar-refractivity contribution is 9.10. The number of methoxy groups -OCH3 is 1. The highest BCUT2D eigenvalue weighted by Crippen LogP contribution is 2.38. The van der Waals surface area contributed by atoms with Crippen molar-refractivity contribution in [1.82, 2.24) is 4.90 Å². The van der Waals surface area contributed by atoms with Gasteiger partial charge in [0.2, 0.25) is 5.76 Å². The van der Waals surface area contributed by atoms with Crippen molar-refractivity contribution in [2.45, 2.75) is 13.2 Å². The Bertz CT molecular complexity index is 1270. The Labute approximate surface area is 212 Å². The van der Waals surface area contributed by atoms with E-state index in [4.69, 9.17) is 20.8 Å². The van der Waals surface area contributed by atoms with Crippen LogP contribution in [0.4, 0.5) is 4.79 Å². The maximum Gasteiger partial charge on any atom is 0.373 e.